The van der Waals surface area contributed by atoms with E-state index in [1.807, 2.05) is 0 Å². The Kier molecular flexibility index (Phi) is 11.4. The Bertz CT molecular complexity index is 1550. The maximum Gasteiger partial charge on any atom is 0.410 e. The highest BCUT2D eigenvalue weighted by molar-refractivity contribution is 7.93. The molecule has 4 rings (SSSR count). The van der Waals surface area contributed by atoms with Crippen molar-refractivity contribution in [3.05, 3.63) is 60.2 Å². The zero-order chi connectivity index (χ0) is 33.8. The number of halogens is 4. The van der Waals surface area contributed by atoms with Gasteiger partial charge in [0.05, 0.1) is 9.79 Å². The van der Waals surface area contributed by atoms with Crippen LogP contribution in [0.4, 0.5) is 22.4 Å². The van der Waals surface area contributed by atoms with Crippen LogP contribution in [0.2, 0.25) is 0 Å². The van der Waals surface area contributed by atoms with E-state index in [0.29, 0.717) is 25.9 Å². The predicted octanol–water partition coefficient (Wildman–Crippen LogP) is 6.22. The maximum atomic E-state index is 15.3. The van der Waals surface area contributed by atoms with Gasteiger partial charge >= 0.3 is 6.09 Å². The second kappa shape index (κ2) is 14.0. The summed E-state index contributed by atoms with van der Waals surface area (Å²) >= 11 is 0. The van der Waals surface area contributed by atoms with E-state index in [0.717, 1.165) is 38.1 Å². The summed E-state index contributed by atoms with van der Waals surface area (Å²) in [5.74, 6) is -2.78. The first-order valence-electron chi connectivity index (χ1n) is 14.8. The van der Waals surface area contributed by atoms with E-state index in [2.05, 4.69) is 5.32 Å². The first-order chi connectivity index (χ1) is 20.7. The molecule has 0 aromatic heterocycles. The van der Waals surface area contributed by atoms with E-state index in [1.165, 1.54) is 29.2 Å². The van der Waals surface area contributed by atoms with Crippen molar-refractivity contribution in [3.8, 4) is 0 Å². The lowest BCUT2D eigenvalue weighted by Crippen LogP contribution is -2.48. The molecule has 2 aromatic rings. The molecule has 252 valence electrons. The zero-order valence-corrected chi connectivity index (χ0v) is 27.8. The van der Waals surface area contributed by atoms with Crippen LogP contribution in [-0.4, -0.2) is 69.6 Å². The van der Waals surface area contributed by atoms with Crippen molar-refractivity contribution < 1.29 is 43.9 Å². The van der Waals surface area contributed by atoms with Crippen LogP contribution in [0.15, 0.2) is 58.3 Å². The normalized spacial score (nSPS) is 19.9. The molecular weight excluding hydrogens is 636 g/mol. The summed E-state index contributed by atoms with van der Waals surface area (Å²) in [5.41, 5.74) is -0.636. The third-order valence-corrected chi connectivity index (χ3v) is 12.7. The molecule has 2 unspecified atom stereocenters. The van der Waals surface area contributed by atoms with E-state index < -0.39 is 64.8 Å². The monoisotopic (exact) mass is 678 g/mol. The van der Waals surface area contributed by atoms with Crippen LogP contribution in [0.5, 0.6) is 0 Å². The molecule has 14 heteroatoms. The van der Waals surface area contributed by atoms with Gasteiger partial charge in [-0.3, -0.25) is 0 Å². The molecule has 2 saturated heterocycles. The number of ether oxygens (including phenoxy) is 1. The summed E-state index contributed by atoms with van der Waals surface area (Å²) in [5, 5.41) is -1.86. The van der Waals surface area contributed by atoms with Crippen LogP contribution < -0.4 is 5.32 Å². The zero-order valence-electron chi connectivity index (χ0n) is 26.2. The Morgan fingerprint density at radius 2 is 1.16 bits per heavy atom. The Labute approximate surface area is 263 Å². The third-order valence-electron chi connectivity index (χ3n) is 8.21. The van der Waals surface area contributed by atoms with Crippen molar-refractivity contribution in [1.29, 1.82) is 0 Å². The fourth-order valence-corrected chi connectivity index (χ4v) is 8.73. The number of amides is 1. The number of hydrogen-bond donors (Lipinski definition) is 1. The number of benzene rings is 2. The molecule has 2 aromatic carbocycles. The van der Waals surface area contributed by atoms with E-state index in [9.17, 15) is 34.8 Å². The summed E-state index contributed by atoms with van der Waals surface area (Å²) in [6, 6.07) is 8.87. The van der Waals surface area contributed by atoms with Gasteiger partial charge in [-0.1, -0.05) is 12.1 Å². The Balaban J connectivity index is 0.000000257. The highest BCUT2D eigenvalue weighted by Crippen LogP contribution is 2.40. The first kappa shape index (κ1) is 36.8. The van der Waals surface area contributed by atoms with Crippen molar-refractivity contribution in [2.75, 3.05) is 26.2 Å². The van der Waals surface area contributed by atoms with Crippen molar-refractivity contribution in [3.63, 3.8) is 0 Å². The average Bonchev–Trinajstić information content (AvgIpc) is 2.97. The fraction of sp³-hybridized carbons (Fsp3) is 0.581. The van der Waals surface area contributed by atoms with Gasteiger partial charge in [-0.25, -0.2) is 39.2 Å². The molecule has 2 heterocycles. The standard InChI is InChI=1S/C18H25F2NO4S.C13H17F2NO2S/c1-17(2,3)25-16(22)21-10-8-13(9-11-21)18(4,20)26(23,24)15-7-5-6-14(19)12-15;1-13(15,10-5-7-16-8-6-10)19(17,18)12-4-2-3-11(14)9-12/h5-7,12-13H,8-11H2,1-4H3;2-4,9-10,16H,5-8H2,1H3. The Hall–Kier alpha value is -2.71. The molecule has 0 spiro atoms. The Morgan fingerprint density at radius 3 is 1.53 bits per heavy atom. The predicted molar refractivity (Wildman–Crippen MR) is 162 cm³/mol. The molecule has 0 radical (unpaired) electrons. The van der Waals surface area contributed by atoms with Crippen molar-refractivity contribution in [1.82, 2.24) is 10.2 Å². The van der Waals surface area contributed by atoms with Crippen LogP contribution in [0.3, 0.4) is 0 Å². The molecule has 0 saturated carbocycles. The summed E-state index contributed by atoms with van der Waals surface area (Å²) in [7, 11) is -8.56. The van der Waals surface area contributed by atoms with Gasteiger partial charge in [-0.05, 0) is 110 Å². The number of carbonyl (C=O) groups is 1. The van der Waals surface area contributed by atoms with Crippen LogP contribution in [-0.2, 0) is 24.4 Å². The number of rotatable bonds is 6. The lowest BCUT2D eigenvalue weighted by Gasteiger charge is -2.38. The second-order valence-electron chi connectivity index (χ2n) is 12.7. The van der Waals surface area contributed by atoms with Crippen LogP contribution in [0.1, 0.15) is 60.3 Å². The smallest absolute Gasteiger partial charge is 0.410 e. The van der Waals surface area contributed by atoms with Gasteiger partial charge in [0.2, 0.25) is 29.7 Å². The summed E-state index contributed by atoms with van der Waals surface area (Å²) in [4.78, 5) is 12.9. The van der Waals surface area contributed by atoms with E-state index in [-0.39, 0.29) is 35.7 Å². The van der Waals surface area contributed by atoms with Gasteiger partial charge in [0.1, 0.15) is 17.2 Å². The molecule has 2 aliphatic heterocycles. The van der Waals surface area contributed by atoms with E-state index >= 15 is 4.39 Å². The number of nitrogens with one attached hydrogen (secondary N) is 1. The first-order valence-corrected chi connectivity index (χ1v) is 17.7. The van der Waals surface area contributed by atoms with E-state index in [4.69, 9.17) is 4.74 Å². The highest BCUT2D eigenvalue weighted by atomic mass is 32.2. The minimum atomic E-state index is -4.37. The molecule has 2 atom stereocenters. The minimum absolute atomic E-state index is 0.181. The molecule has 0 aliphatic carbocycles. The quantitative estimate of drug-likeness (QED) is 0.362. The molecule has 2 aliphatic rings. The van der Waals surface area contributed by atoms with Gasteiger partial charge in [0, 0.05) is 24.9 Å². The third kappa shape index (κ3) is 8.56. The largest absolute Gasteiger partial charge is 0.444 e. The summed E-state index contributed by atoms with van der Waals surface area (Å²) in [6.07, 6.45) is 0.787. The van der Waals surface area contributed by atoms with Gasteiger partial charge in [-0.2, -0.15) is 0 Å². The van der Waals surface area contributed by atoms with Crippen LogP contribution in [0.25, 0.3) is 0 Å². The lowest BCUT2D eigenvalue weighted by molar-refractivity contribution is 0.0130. The molecule has 8 nitrogen and oxygen atoms in total. The van der Waals surface area contributed by atoms with E-state index in [1.54, 1.807) is 20.8 Å². The van der Waals surface area contributed by atoms with Gasteiger partial charge in [0.25, 0.3) is 0 Å². The number of carbonyl (C=O) groups excluding carboxylic acids is 1. The maximum absolute atomic E-state index is 15.3. The molecule has 0 bridgehead atoms. The molecule has 45 heavy (non-hydrogen) atoms. The van der Waals surface area contributed by atoms with Crippen molar-refractivity contribution in [2.24, 2.45) is 11.8 Å². The number of likely N-dealkylation sites (tertiary alicyclic amines) is 1. The van der Waals surface area contributed by atoms with Gasteiger partial charge in [-0.15, -0.1) is 0 Å². The number of piperidine rings is 2. The number of nitrogens with zero attached hydrogens (tertiary/aromatic N) is 1. The molecule has 1 amide bonds. The number of hydrogen-bond acceptors (Lipinski definition) is 7. The summed E-state index contributed by atoms with van der Waals surface area (Å²) < 4.78 is 112. The summed E-state index contributed by atoms with van der Waals surface area (Å²) in [6.45, 7) is 8.97. The van der Waals surface area contributed by atoms with Gasteiger partial charge in [0.15, 0.2) is 0 Å². The van der Waals surface area contributed by atoms with Gasteiger partial charge < -0.3 is 15.0 Å². The lowest BCUT2D eigenvalue weighted by atomic mass is 9.92. The SMILES string of the molecule is CC(C)(C)OC(=O)N1CCC(C(C)(F)S(=O)(=O)c2cccc(F)c2)CC1.CC(F)(C1CCNCC1)S(=O)(=O)c1cccc(F)c1. The molecular formula is C31H42F4N2O6S2. The Morgan fingerprint density at radius 1 is 0.756 bits per heavy atom. The van der Waals surface area contributed by atoms with Crippen LogP contribution >= 0.6 is 0 Å². The average molecular weight is 679 g/mol. The number of alkyl halides is 2. The fourth-order valence-electron chi connectivity index (χ4n) is 5.41. The van der Waals surface area contributed by atoms with Crippen molar-refractivity contribution in [2.45, 2.75) is 85.7 Å². The number of sulfone groups is 2. The molecule has 2 fully saturated rings. The van der Waals surface area contributed by atoms with Crippen LogP contribution in [0, 0.1) is 23.5 Å². The topological polar surface area (TPSA) is 110 Å². The highest BCUT2D eigenvalue weighted by Gasteiger charge is 2.49. The van der Waals surface area contributed by atoms with Crippen molar-refractivity contribution >= 4 is 25.8 Å². The minimum Gasteiger partial charge on any atom is -0.444 e. The second-order valence-corrected chi connectivity index (χ2v) is 17.2. The molecule has 1 N–H and O–H groups in total.